The Morgan fingerprint density at radius 2 is 2.00 bits per heavy atom. The average molecular weight is 283 g/mol. The van der Waals surface area contributed by atoms with E-state index < -0.39 is 0 Å². The molecule has 2 nitrogen and oxygen atoms in total. The first-order valence-corrected chi connectivity index (χ1v) is 8.06. The first-order chi connectivity index (χ1) is 10.3. The molecule has 0 saturated carbocycles. The fourth-order valence-corrected chi connectivity index (χ4v) is 3.46. The molecule has 1 N–H and O–H groups in total. The molecule has 0 radical (unpaired) electrons. The number of rotatable bonds is 5. The minimum atomic E-state index is 0.402. The van der Waals surface area contributed by atoms with Crippen LogP contribution in [0.3, 0.4) is 0 Å². The van der Waals surface area contributed by atoms with E-state index in [1.165, 1.54) is 34.7 Å². The van der Waals surface area contributed by atoms with Crippen molar-refractivity contribution in [2.75, 3.05) is 13.7 Å². The van der Waals surface area contributed by atoms with Crippen LogP contribution in [0.5, 0.6) is 0 Å². The van der Waals surface area contributed by atoms with Gasteiger partial charge in [0.25, 0.3) is 0 Å². The summed E-state index contributed by atoms with van der Waals surface area (Å²) in [6.07, 6.45) is 5.20. The summed E-state index contributed by atoms with van der Waals surface area (Å²) in [4.78, 5) is 0. The molecular formula is C19H25NO. The third-order valence-corrected chi connectivity index (χ3v) is 4.70. The van der Waals surface area contributed by atoms with E-state index in [9.17, 15) is 0 Å². The summed E-state index contributed by atoms with van der Waals surface area (Å²) in [5.41, 5.74) is 2.76. The van der Waals surface area contributed by atoms with Crippen LogP contribution in [-0.4, -0.2) is 19.8 Å². The van der Waals surface area contributed by atoms with Gasteiger partial charge in [0.05, 0.1) is 6.10 Å². The molecule has 0 aliphatic carbocycles. The molecule has 112 valence electrons. The van der Waals surface area contributed by atoms with Crippen molar-refractivity contribution >= 4 is 10.8 Å². The van der Waals surface area contributed by atoms with Gasteiger partial charge in [0.15, 0.2) is 0 Å². The second-order valence-corrected chi connectivity index (χ2v) is 6.07. The fourth-order valence-electron chi connectivity index (χ4n) is 3.46. The molecule has 1 fully saturated rings. The summed E-state index contributed by atoms with van der Waals surface area (Å²) in [6, 6.07) is 13.7. The maximum absolute atomic E-state index is 5.76. The molecule has 1 aliphatic heterocycles. The Bertz CT molecular complexity index is 602. The Kier molecular flexibility index (Phi) is 4.57. The lowest BCUT2D eigenvalue weighted by atomic mass is 9.92. The van der Waals surface area contributed by atoms with Crippen LogP contribution in [0.25, 0.3) is 10.8 Å². The summed E-state index contributed by atoms with van der Waals surface area (Å²) >= 11 is 0. The van der Waals surface area contributed by atoms with Gasteiger partial charge in [-0.15, -0.1) is 0 Å². The highest BCUT2D eigenvalue weighted by Gasteiger charge is 2.19. The molecular weight excluding hydrogens is 258 g/mol. The zero-order valence-corrected chi connectivity index (χ0v) is 13.1. The molecule has 2 atom stereocenters. The van der Waals surface area contributed by atoms with Crippen molar-refractivity contribution in [2.45, 2.75) is 44.8 Å². The predicted molar refractivity (Wildman–Crippen MR) is 88.7 cm³/mol. The maximum Gasteiger partial charge on any atom is 0.0576 e. The van der Waals surface area contributed by atoms with E-state index in [-0.39, 0.29) is 0 Å². The fraction of sp³-hybridized carbons (Fsp3) is 0.474. The van der Waals surface area contributed by atoms with Gasteiger partial charge in [0.2, 0.25) is 0 Å². The third kappa shape index (κ3) is 3.12. The summed E-state index contributed by atoms with van der Waals surface area (Å²) in [5, 5.41) is 6.25. The molecule has 1 saturated heterocycles. The summed E-state index contributed by atoms with van der Waals surface area (Å²) in [6.45, 7) is 3.13. The van der Waals surface area contributed by atoms with Crippen molar-refractivity contribution in [2.24, 2.45) is 0 Å². The van der Waals surface area contributed by atoms with Gasteiger partial charge in [-0.2, -0.15) is 0 Å². The van der Waals surface area contributed by atoms with Crippen LogP contribution < -0.4 is 5.32 Å². The minimum absolute atomic E-state index is 0.402. The molecule has 0 spiro atoms. The van der Waals surface area contributed by atoms with E-state index in [1.54, 1.807) is 0 Å². The van der Waals surface area contributed by atoms with Gasteiger partial charge >= 0.3 is 0 Å². The maximum atomic E-state index is 5.76. The summed E-state index contributed by atoms with van der Waals surface area (Å²) in [5.74, 6) is 0. The van der Waals surface area contributed by atoms with Gasteiger partial charge in [-0.05, 0) is 61.6 Å². The lowest BCUT2D eigenvalue weighted by Crippen LogP contribution is -2.19. The number of hydrogen-bond acceptors (Lipinski definition) is 2. The third-order valence-electron chi connectivity index (χ3n) is 4.70. The van der Waals surface area contributed by atoms with Crippen molar-refractivity contribution in [1.29, 1.82) is 0 Å². The lowest BCUT2D eigenvalue weighted by molar-refractivity contribution is 0.0999. The average Bonchev–Trinajstić information content (AvgIpc) is 3.03. The largest absolute Gasteiger partial charge is 0.378 e. The molecule has 1 heterocycles. The van der Waals surface area contributed by atoms with Crippen LogP contribution in [0.2, 0.25) is 0 Å². The monoisotopic (exact) mass is 283 g/mol. The van der Waals surface area contributed by atoms with Crippen LogP contribution >= 0.6 is 0 Å². The SMILES string of the molecule is CNC(CCC1CCCO1)c1ccc(C)c2ccccc12. The van der Waals surface area contributed by atoms with Gasteiger partial charge in [-0.1, -0.05) is 36.4 Å². The number of benzene rings is 2. The number of ether oxygens (including phenoxy) is 1. The van der Waals surface area contributed by atoms with Gasteiger partial charge in [-0.25, -0.2) is 0 Å². The van der Waals surface area contributed by atoms with Crippen LogP contribution in [0.4, 0.5) is 0 Å². The topological polar surface area (TPSA) is 21.3 Å². The summed E-state index contributed by atoms with van der Waals surface area (Å²) in [7, 11) is 2.06. The lowest BCUT2D eigenvalue weighted by Gasteiger charge is -2.21. The Hall–Kier alpha value is -1.38. The van der Waals surface area contributed by atoms with Crippen molar-refractivity contribution in [3.63, 3.8) is 0 Å². The molecule has 0 bridgehead atoms. The Labute approximate surface area is 127 Å². The Balaban J connectivity index is 1.84. The zero-order chi connectivity index (χ0) is 14.7. The molecule has 21 heavy (non-hydrogen) atoms. The molecule has 2 unspecified atom stereocenters. The molecule has 1 aliphatic rings. The molecule has 2 heteroatoms. The highest BCUT2D eigenvalue weighted by molar-refractivity contribution is 5.88. The van der Waals surface area contributed by atoms with Crippen molar-refractivity contribution in [1.82, 2.24) is 5.32 Å². The quantitative estimate of drug-likeness (QED) is 0.880. The van der Waals surface area contributed by atoms with Crippen LogP contribution in [0, 0.1) is 6.92 Å². The van der Waals surface area contributed by atoms with E-state index >= 15 is 0 Å². The van der Waals surface area contributed by atoms with E-state index in [2.05, 4.69) is 55.7 Å². The zero-order valence-electron chi connectivity index (χ0n) is 13.1. The van der Waals surface area contributed by atoms with Crippen molar-refractivity contribution < 1.29 is 4.74 Å². The molecule has 3 rings (SSSR count). The first-order valence-electron chi connectivity index (χ1n) is 8.06. The molecule has 2 aromatic carbocycles. The predicted octanol–water partition coefficient (Wildman–Crippen LogP) is 4.37. The smallest absolute Gasteiger partial charge is 0.0576 e. The minimum Gasteiger partial charge on any atom is -0.378 e. The van der Waals surface area contributed by atoms with Gasteiger partial charge in [0.1, 0.15) is 0 Å². The second-order valence-electron chi connectivity index (χ2n) is 6.07. The molecule has 2 aromatic rings. The van der Waals surface area contributed by atoms with Gasteiger partial charge in [-0.3, -0.25) is 0 Å². The van der Waals surface area contributed by atoms with Crippen LogP contribution in [0.1, 0.15) is 42.9 Å². The number of hydrogen-bond donors (Lipinski definition) is 1. The van der Waals surface area contributed by atoms with Gasteiger partial charge < -0.3 is 10.1 Å². The van der Waals surface area contributed by atoms with E-state index in [0.29, 0.717) is 12.1 Å². The number of aryl methyl sites for hydroxylation is 1. The first kappa shape index (κ1) is 14.6. The highest BCUT2D eigenvalue weighted by atomic mass is 16.5. The van der Waals surface area contributed by atoms with E-state index in [4.69, 9.17) is 4.74 Å². The Morgan fingerprint density at radius 1 is 1.19 bits per heavy atom. The standard InChI is InChI=1S/C19H25NO/c1-14-9-11-18(17-8-4-3-7-16(14)17)19(20-2)12-10-15-6-5-13-21-15/h3-4,7-9,11,15,19-20H,5-6,10,12-13H2,1-2H3. The van der Waals surface area contributed by atoms with Crippen LogP contribution in [0.15, 0.2) is 36.4 Å². The normalized spacial score (nSPS) is 20.0. The number of nitrogens with one attached hydrogen (secondary N) is 1. The van der Waals surface area contributed by atoms with Crippen LogP contribution in [-0.2, 0) is 4.74 Å². The summed E-state index contributed by atoms with van der Waals surface area (Å²) < 4.78 is 5.76. The second kappa shape index (κ2) is 6.59. The van der Waals surface area contributed by atoms with Gasteiger partial charge in [0, 0.05) is 12.6 Å². The molecule has 0 aromatic heterocycles. The molecule has 0 amide bonds. The van der Waals surface area contributed by atoms with Crippen molar-refractivity contribution in [3.8, 4) is 0 Å². The van der Waals surface area contributed by atoms with E-state index in [0.717, 1.165) is 19.4 Å². The highest BCUT2D eigenvalue weighted by Crippen LogP contribution is 2.30. The van der Waals surface area contributed by atoms with E-state index in [1.807, 2.05) is 0 Å². The Morgan fingerprint density at radius 3 is 2.71 bits per heavy atom. The number of fused-ring (bicyclic) bond motifs is 1. The van der Waals surface area contributed by atoms with Crippen molar-refractivity contribution in [3.05, 3.63) is 47.5 Å².